The summed E-state index contributed by atoms with van der Waals surface area (Å²) in [5, 5.41) is 7.01. The van der Waals surface area contributed by atoms with E-state index in [4.69, 9.17) is 9.56 Å². The van der Waals surface area contributed by atoms with Crippen LogP contribution in [0.2, 0.25) is 0 Å². The van der Waals surface area contributed by atoms with Gasteiger partial charge in [-0.3, -0.25) is 4.79 Å². The molecule has 0 aliphatic carbocycles. The van der Waals surface area contributed by atoms with Gasteiger partial charge in [-0.15, -0.1) is 0 Å². The summed E-state index contributed by atoms with van der Waals surface area (Å²) in [6.45, 7) is 0. The van der Waals surface area contributed by atoms with Gasteiger partial charge in [0.1, 0.15) is 0 Å². The van der Waals surface area contributed by atoms with Crippen LogP contribution < -0.4 is 15.2 Å². The number of sulfonamides is 2. The van der Waals surface area contributed by atoms with Crippen LogP contribution in [0.4, 0.5) is 5.69 Å². The molecule has 1 heterocycles. The van der Waals surface area contributed by atoms with Gasteiger partial charge in [0.05, 0.1) is 4.90 Å². The van der Waals surface area contributed by atoms with Crippen LogP contribution in [0.1, 0.15) is 10.6 Å². The molecule has 0 bridgehead atoms. The van der Waals surface area contributed by atoms with Crippen LogP contribution in [0.25, 0.3) is 0 Å². The van der Waals surface area contributed by atoms with Crippen molar-refractivity contribution in [2.75, 3.05) is 12.4 Å². The van der Waals surface area contributed by atoms with Crippen molar-refractivity contribution in [3.63, 3.8) is 0 Å². The molecular formula is C12H13N3O6S2. The van der Waals surface area contributed by atoms with Gasteiger partial charge >= 0.3 is 0 Å². The Morgan fingerprint density at radius 3 is 2.17 bits per heavy atom. The van der Waals surface area contributed by atoms with Crippen LogP contribution in [0, 0.1) is 0 Å². The normalized spacial score (nSPS) is 12.1. The topological polar surface area (TPSA) is 149 Å². The van der Waals surface area contributed by atoms with Gasteiger partial charge in [0.2, 0.25) is 15.1 Å². The summed E-state index contributed by atoms with van der Waals surface area (Å²) in [4.78, 5) is 11.9. The maximum Gasteiger partial charge on any atom is 0.291 e. The fourth-order valence-electron chi connectivity index (χ4n) is 1.61. The number of amides is 1. The van der Waals surface area contributed by atoms with Gasteiger partial charge < -0.3 is 9.73 Å². The van der Waals surface area contributed by atoms with Gasteiger partial charge in [-0.2, -0.15) is 0 Å². The van der Waals surface area contributed by atoms with Crippen molar-refractivity contribution in [2.45, 2.75) is 9.99 Å². The first kappa shape index (κ1) is 17.1. The van der Waals surface area contributed by atoms with Crippen molar-refractivity contribution in [2.24, 2.45) is 5.14 Å². The lowest BCUT2D eigenvalue weighted by molar-refractivity contribution is 0.0991. The highest BCUT2D eigenvalue weighted by Crippen LogP contribution is 2.17. The molecule has 1 amide bonds. The molecule has 0 aliphatic rings. The third-order valence-corrected chi connectivity index (χ3v) is 5.00. The number of rotatable bonds is 5. The standard InChI is InChI=1S/C12H13N3O6S2/c1-14-23(19,20)11-7-6-10(21-11)12(16)15-8-2-4-9(5-3-8)22(13,17)18/h2-7,14H,1H3,(H,15,16)(H2,13,17,18). The third-order valence-electron chi connectivity index (χ3n) is 2.78. The second kappa shape index (κ2) is 6.12. The number of nitrogens with two attached hydrogens (primary N) is 1. The highest BCUT2D eigenvalue weighted by Gasteiger charge is 2.19. The van der Waals surface area contributed by atoms with Crippen LogP contribution in [-0.4, -0.2) is 29.8 Å². The average molecular weight is 359 g/mol. The van der Waals surface area contributed by atoms with Crippen LogP contribution in [0.15, 0.2) is 50.8 Å². The predicted octanol–water partition coefficient (Wildman–Crippen LogP) is 0.0874. The SMILES string of the molecule is CNS(=O)(=O)c1ccc(C(=O)Nc2ccc(S(N)(=O)=O)cc2)o1. The lowest BCUT2D eigenvalue weighted by atomic mass is 10.3. The molecule has 0 spiro atoms. The molecule has 0 saturated carbocycles. The highest BCUT2D eigenvalue weighted by atomic mass is 32.2. The Bertz CT molecular complexity index is 929. The van der Waals surface area contributed by atoms with Crippen LogP contribution >= 0.6 is 0 Å². The predicted molar refractivity (Wildman–Crippen MR) is 80.7 cm³/mol. The molecule has 124 valence electrons. The molecule has 4 N–H and O–H groups in total. The van der Waals surface area contributed by atoms with Gasteiger partial charge in [0.15, 0.2) is 5.76 Å². The molecular weight excluding hydrogens is 346 g/mol. The second-order valence-electron chi connectivity index (χ2n) is 4.35. The lowest BCUT2D eigenvalue weighted by Gasteiger charge is -2.04. The van der Waals surface area contributed by atoms with Crippen molar-refractivity contribution in [1.82, 2.24) is 4.72 Å². The summed E-state index contributed by atoms with van der Waals surface area (Å²) >= 11 is 0. The third kappa shape index (κ3) is 3.96. The zero-order chi connectivity index (χ0) is 17.3. The van der Waals surface area contributed by atoms with Crippen molar-refractivity contribution in [3.8, 4) is 0 Å². The van der Waals surface area contributed by atoms with E-state index in [1.807, 2.05) is 0 Å². The highest BCUT2D eigenvalue weighted by molar-refractivity contribution is 7.89. The Kier molecular flexibility index (Phi) is 4.56. The Labute approximate surface area is 132 Å². The minimum absolute atomic E-state index is 0.101. The van der Waals surface area contributed by atoms with Gasteiger partial charge in [-0.05, 0) is 43.4 Å². The molecule has 0 saturated heterocycles. The maximum absolute atomic E-state index is 12.0. The smallest absolute Gasteiger partial charge is 0.291 e. The second-order valence-corrected chi connectivity index (χ2v) is 7.73. The van der Waals surface area contributed by atoms with Gasteiger partial charge in [-0.25, -0.2) is 26.7 Å². The molecule has 0 atom stereocenters. The van der Waals surface area contributed by atoms with E-state index >= 15 is 0 Å². The van der Waals surface area contributed by atoms with E-state index in [0.717, 1.165) is 6.07 Å². The minimum Gasteiger partial charge on any atom is -0.438 e. The minimum atomic E-state index is -3.82. The number of hydrogen-bond donors (Lipinski definition) is 3. The van der Waals surface area contributed by atoms with E-state index in [-0.39, 0.29) is 16.3 Å². The first-order valence-electron chi connectivity index (χ1n) is 6.11. The van der Waals surface area contributed by atoms with E-state index in [0.29, 0.717) is 0 Å². The first-order chi connectivity index (χ1) is 10.6. The molecule has 23 heavy (non-hydrogen) atoms. The Morgan fingerprint density at radius 2 is 1.65 bits per heavy atom. The summed E-state index contributed by atoms with van der Waals surface area (Å²) in [7, 11) is -6.39. The van der Waals surface area contributed by atoms with E-state index < -0.39 is 31.0 Å². The summed E-state index contributed by atoms with van der Waals surface area (Å²) in [5.41, 5.74) is 0.289. The fourth-order valence-corrected chi connectivity index (χ4v) is 2.77. The first-order valence-corrected chi connectivity index (χ1v) is 9.14. The van der Waals surface area contributed by atoms with Gasteiger partial charge in [0.25, 0.3) is 15.9 Å². The zero-order valence-electron chi connectivity index (χ0n) is 11.8. The molecule has 2 rings (SSSR count). The molecule has 11 heteroatoms. The van der Waals surface area contributed by atoms with Crippen LogP contribution in [0.5, 0.6) is 0 Å². The Hall–Kier alpha value is -2.21. The number of anilines is 1. The van der Waals surface area contributed by atoms with Gasteiger partial charge in [0, 0.05) is 5.69 Å². The number of benzene rings is 1. The summed E-state index contributed by atoms with van der Waals surface area (Å²) < 4.78 is 52.3. The summed E-state index contributed by atoms with van der Waals surface area (Å²) in [6, 6.07) is 7.48. The van der Waals surface area contributed by atoms with Crippen molar-refractivity contribution in [1.29, 1.82) is 0 Å². The van der Waals surface area contributed by atoms with E-state index in [1.54, 1.807) is 0 Å². The molecule has 1 aromatic heterocycles. The van der Waals surface area contributed by atoms with Crippen molar-refractivity contribution < 1.29 is 26.0 Å². The molecule has 9 nitrogen and oxygen atoms in total. The number of furan rings is 1. The average Bonchev–Trinajstić information content (AvgIpc) is 2.97. The van der Waals surface area contributed by atoms with E-state index in [1.165, 1.54) is 37.4 Å². The number of carbonyl (C=O) groups excluding carboxylic acids is 1. The largest absolute Gasteiger partial charge is 0.438 e. The lowest BCUT2D eigenvalue weighted by Crippen LogP contribution is -2.18. The van der Waals surface area contributed by atoms with E-state index in [2.05, 4.69) is 10.0 Å². The number of primary sulfonamides is 1. The van der Waals surface area contributed by atoms with E-state index in [9.17, 15) is 21.6 Å². The zero-order valence-corrected chi connectivity index (χ0v) is 13.4. The maximum atomic E-state index is 12.0. The molecule has 0 aliphatic heterocycles. The monoisotopic (exact) mass is 359 g/mol. The fraction of sp³-hybridized carbons (Fsp3) is 0.0833. The van der Waals surface area contributed by atoms with Crippen molar-refractivity contribution in [3.05, 3.63) is 42.2 Å². The molecule has 0 unspecified atom stereocenters. The molecule has 0 fully saturated rings. The quantitative estimate of drug-likeness (QED) is 0.689. The van der Waals surface area contributed by atoms with Crippen LogP contribution in [-0.2, 0) is 20.0 Å². The van der Waals surface area contributed by atoms with Crippen molar-refractivity contribution >= 4 is 31.6 Å². The summed E-state index contributed by atoms with van der Waals surface area (Å²) in [5.74, 6) is -0.903. The Balaban J connectivity index is 2.17. The number of hydrogen-bond acceptors (Lipinski definition) is 6. The molecule has 1 aromatic carbocycles. The number of nitrogens with one attached hydrogen (secondary N) is 2. The molecule has 2 aromatic rings. The molecule has 0 radical (unpaired) electrons. The summed E-state index contributed by atoms with van der Waals surface area (Å²) in [6.07, 6.45) is 0. The number of carbonyl (C=O) groups is 1. The Morgan fingerprint density at radius 1 is 1.04 bits per heavy atom. The van der Waals surface area contributed by atoms with Crippen LogP contribution in [0.3, 0.4) is 0 Å². The van der Waals surface area contributed by atoms with Gasteiger partial charge in [-0.1, -0.05) is 0 Å².